The fraction of sp³-hybridized carbons (Fsp3) is 0.438. The van der Waals surface area contributed by atoms with Crippen LogP contribution in [0.3, 0.4) is 0 Å². The third-order valence-corrected chi connectivity index (χ3v) is 3.17. The van der Waals surface area contributed by atoms with Crippen LogP contribution in [-0.4, -0.2) is 16.6 Å². The summed E-state index contributed by atoms with van der Waals surface area (Å²) >= 11 is 0. The van der Waals surface area contributed by atoms with E-state index in [1.54, 1.807) is 6.07 Å². The molecule has 0 amide bonds. The van der Waals surface area contributed by atoms with Gasteiger partial charge in [-0.3, -0.25) is 0 Å². The summed E-state index contributed by atoms with van der Waals surface area (Å²) in [5, 5.41) is 17.7. The molecule has 0 fully saturated rings. The van der Waals surface area contributed by atoms with Crippen LogP contribution in [0.15, 0.2) is 11.6 Å². The topological polar surface area (TPSA) is 78.8 Å². The second-order valence-corrected chi connectivity index (χ2v) is 4.82. The lowest BCUT2D eigenvalue weighted by molar-refractivity contribution is -0.140. The molecule has 5 heteroatoms. The Bertz CT molecular complexity index is 642. The first-order valence-corrected chi connectivity index (χ1v) is 6.83. The van der Waals surface area contributed by atoms with Crippen LogP contribution in [-0.2, 0) is 16.1 Å². The highest BCUT2D eigenvalue weighted by Crippen LogP contribution is 2.19. The molecule has 21 heavy (non-hydrogen) atoms. The van der Waals surface area contributed by atoms with Crippen molar-refractivity contribution in [2.24, 2.45) is 0 Å². The smallest absolute Gasteiger partial charge is 0.350 e. The van der Waals surface area contributed by atoms with Crippen LogP contribution in [0, 0.1) is 36.5 Å². The van der Waals surface area contributed by atoms with Crippen LogP contribution in [0.4, 0.5) is 0 Å². The zero-order valence-electron chi connectivity index (χ0n) is 12.8. The molecule has 1 atom stereocenters. The fourth-order valence-corrected chi connectivity index (χ4v) is 2.08. The predicted molar refractivity (Wildman–Crippen MR) is 79.0 cm³/mol. The Labute approximate surface area is 125 Å². The number of hydrogen-bond acceptors (Lipinski definition) is 4. The predicted octanol–water partition coefficient (Wildman–Crippen LogP) is 2.88. The molecule has 0 aliphatic carbocycles. The van der Waals surface area contributed by atoms with Gasteiger partial charge in [0.05, 0.1) is 0 Å². The van der Waals surface area contributed by atoms with Gasteiger partial charge >= 0.3 is 5.97 Å². The monoisotopic (exact) mass is 285 g/mol. The van der Waals surface area contributed by atoms with Crippen molar-refractivity contribution >= 4 is 12.0 Å². The lowest BCUT2D eigenvalue weighted by Crippen LogP contribution is -2.14. The maximum atomic E-state index is 11.8. The van der Waals surface area contributed by atoms with Crippen LogP contribution in [0.5, 0.6) is 0 Å². The SMILES string of the molecule is CCCn1c(C)cc(/C=C(\C#N)C(=O)O[C@@H](C)C#N)c1C. The minimum atomic E-state index is -0.873. The Morgan fingerprint density at radius 3 is 2.67 bits per heavy atom. The first kappa shape index (κ1) is 16.5. The highest BCUT2D eigenvalue weighted by Gasteiger charge is 2.16. The van der Waals surface area contributed by atoms with Gasteiger partial charge < -0.3 is 9.30 Å². The third-order valence-electron chi connectivity index (χ3n) is 3.17. The summed E-state index contributed by atoms with van der Waals surface area (Å²) in [5.74, 6) is -0.771. The van der Waals surface area contributed by atoms with Crippen molar-refractivity contribution in [3.05, 3.63) is 28.6 Å². The van der Waals surface area contributed by atoms with Gasteiger partial charge in [0, 0.05) is 17.9 Å². The van der Waals surface area contributed by atoms with Gasteiger partial charge in [0.15, 0.2) is 6.10 Å². The van der Waals surface area contributed by atoms with Crippen molar-refractivity contribution in [2.45, 2.75) is 46.8 Å². The first-order chi connectivity index (χ1) is 9.94. The summed E-state index contributed by atoms with van der Waals surface area (Å²) in [6, 6.07) is 5.57. The Balaban J connectivity index is 3.10. The second-order valence-electron chi connectivity index (χ2n) is 4.82. The van der Waals surface area contributed by atoms with Crippen LogP contribution < -0.4 is 0 Å². The molecule has 0 bridgehead atoms. The summed E-state index contributed by atoms with van der Waals surface area (Å²) in [6.45, 7) is 8.38. The van der Waals surface area contributed by atoms with Crippen LogP contribution >= 0.6 is 0 Å². The third kappa shape index (κ3) is 3.97. The summed E-state index contributed by atoms with van der Waals surface area (Å²) in [4.78, 5) is 11.8. The number of esters is 1. The quantitative estimate of drug-likeness (QED) is 0.473. The second kappa shape index (κ2) is 7.31. The van der Waals surface area contributed by atoms with E-state index >= 15 is 0 Å². The van der Waals surface area contributed by atoms with Crippen LogP contribution in [0.1, 0.15) is 37.2 Å². The molecule has 0 aromatic carbocycles. The maximum absolute atomic E-state index is 11.8. The van der Waals surface area contributed by atoms with Gasteiger partial charge in [-0.25, -0.2) is 4.79 Å². The summed E-state index contributed by atoms with van der Waals surface area (Å²) in [6.07, 6.45) is 1.65. The van der Waals surface area contributed by atoms with Crippen LogP contribution in [0.25, 0.3) is 6.08 Å². The van der Waals surface area contributed by atoms with E-state index < -0.39 is 12.1 Å². The Kier molecular flexibility index (Phi) is 5.75. The molecule has 0 N–H and O–H groups in total. The lowest BCUT2D eigenvalue weighted by atomic mass is 10.1. The minimum Gasteiger partial charge on any atom is -0.443 e. The highest BCUT2D eigenvalue weighted by molar-refractivity contribution is 5.98. The van der Waals surface area contributed by atoms with Gasteiger partial charge in [0.1, 0.15) is 17.7 Å². The van der Waals surface area contributed by atoms with E-state index in [1.807, 2.05) is 26.0 Å². The number of nitriles is 2. The van der Waals surface area contributed by atoms with Gasteiger partial charge in [-0.05, 0) is 44.9 Å². The zero-order valence-corrected chi connectivity index (χ0v) is 12.8. The number of carbonyl (C=O) groups is 1. The molecule has 0 spiro atoms. The average Bonchev–Trinajstić information content (AvgIpc) is 2.72. The molecular weight excluding hydrogens is 266 g/mol. The van der Waals surface area contributed by atoms with E-state index in [1.165, 1.54) is 13.0 Å². The number of carbonyl (C=O) groups excluding carboxylic acids is 1. The molecule has 1 aromatic rings. The molecule has 0 aliphatic heterocycles. The van der Waals surface area contributed by atoms with E-state index in [-0.39, 0.29) is 5.57 Å². The molecule has 1 rings (SSSR count). The van der Waals surface area contributed by atoms with Gasteiger partial charge in [-0.15, -0.1) is 0 Å². The Morgan fingerprint density at radius 2 is 2.14 bits per heavy atom. The van der Waals surface area contributed by atoms with E-state index in [0.29, 0.717) is 0 Å². The number of rotatable bonds is 5. The van der Waals surface area contributed by atoms with E-state index in [2.05, 4.69) is 11.5 Å². The summed E-state index contributed by atoms with van der Waals surface area (Å²) in [7, 11) is 0. The molecule has 1 heterocycles. The lowest BCUT2D eigenvalue weighted by Gasteiger charge is -2.07. The Morgan fingerprint density at radius 1 is 1.48 bits per heavy atom. The number of hydrogen-bond donors (Lipinski definition) is 0. The van der Waals surface area contributed by atoms with Gasteiger partial charge in [0.25, 0.3) is 0 Å². The molecule has 0 saturated carbocycles. The van der Waals surface area contributed by atoms with E-state index in [9.17, 15) is 4.79 Å². The van der Waals surface area contributed by atoms with Gasteiger partial charge in [-0.1, -0.05) is 6.92 Å². The fourth-order valence-electron chi connectivity index (χ4n) is 2.08. The minimum absolute atomic E-state index is 0.103. The molecule has 1 aromatic heterocycles. The standard InChI is InChI=1S/C16H19N3O2/c1-5-6-19-11(2)7-14(13(19)4)8-15(10-18)16(20)21-12(3)9-17/h7-8,12H,5-6H2,1-4H3/b15-8+/t12-/m0/s1. The maximum Gasteiger partial charge on any atom is 0.350 e. The molecule has 0 saturated heterocycles. The molecule has 5 nitrogen and oxygen atoms in total. The zero-order chi connectivity index (χ0) is 16.0. The summed E-state index contributed by atoms with van der Waals surface area (Å²) in [5.41, 5.74) is 2.80. The molecule has 0 unspecified atom stereocenters. The molecular formula is C16H19N3O2. The molecule has 0 radical (unpaired) electrons. The van der Waals surface area contributed by atoms with Crippen molar-refractivity contribution in [3.63, 3.8) is 0 Å². The first-order valence-electron chi connectivity index (χ1n) is 6.83. The Hall–Kier alpha value is -2.53. The van der Waals surface area contributed by atoms with Crippen molar-refractivity contribution in [1.82, 2.24) is 4.57 Å². The van der Waals surface area contributed by atoms with Gasteiger partial charge in [0.2, 0.25) is 0 Å². The average molecular weight is 285 g/mol. The van der Waals surface area contributed by atoms with E-state index in [0.717, 1.165) is 29.9 Å². The highest BCUT2D eigenvalue weighted by atomic mass is 16.5. The number of aryl methyl sites for hydroxylation is 1. The normalized spacial score (nSPS) is 12.4. The number of nitrogens with zero attached hydrogens (tertiary/aromatic N) is 3. The van der Waals surface area contributed by atoms with E-state index in [4.69, 9.17) is 15.3 Å². The van der Waals surface area contributed by atoms with Crippen LogP contribution in [0.2, 0.25) is 0 Å². The van der Waals surface area contributed by atoms with Crippen molar-refractivity contribution in [3.8, 4) is 12.1 Å². The molecule has 110 valence electrons. The molecule has 0 aliphatic rings. The van der Waals surface area contributed by atoms with Crippen molar-refractivity contribution < 1.29 is 9.53 Å². The largest absolute Gasteiger partial charge is 0.443 e. The number of aromatic nitrogens is 1. The van der Waals surface area contributed by atoms with Crippen molar-refractivity contribution in [2.75, 3.05) is 0 Å². The number of ether oxygens (including phenoxy) is 1. The summed E-state index contributed by atoms with van der Waals surface area (Å²) < 4.78 is 6.99. The van der Waals surface area contributed by atoms with Gasteiger partial charge in [-0.2, -0.15) is 10.5 Å². The van der Waals surface area contributed by atoms with Crippen molar-refractivity contribution in [1.29, 1.82) is 10.5 Å².